The van der Waals surface area contributed by atoms with Crippen LogP contribution in [0.25, 0.3) is 0 Å². The molecule has 0 saturated heterocycles. The molecule has 2 rings (SSSR count). The van der Waals surface area contributed by atoms with E-state index in [0.29, 0.717) is 5.15 Å². The highest BCUT2D eigenvalue weighted by Gasteiger charge is 2.12. The quantitative estimate of drug-likeness (QED) is 0.811. The molecular weight excluding hydrogens is 282 g/mol. The van der Waals surface area contributed by atoms with Crippen LogP contribution in [0.1, 0.15) is 49.3 Å². The van der Waals surface area contributed by atoms with Gasteiger partial charge >= 0.3 is 0 Å². The van der Waals surface area contributed by atoms with Gasteiger partial charge in [-0.1, -0.05) is 49.7 Å². The molecule has 0 fully saturated rings. The minimum atomic E-state index is 0.172. The van der Waals surface area contributed by atoms with Crippen LogP contribution in [0.2, 0.25) is 5.15 Å². The molecule has 3 nitrogen and oxygen atoms in total. The van der Waals surface area contributed by atoms with Gasteiger partial charge in [0.1, 0.15) is 16.8 Å². The number of nitrogens with zero attached hydrogens (tertiary/aromatic N) is 2. The van der Waals surface area contributed by atoms with Crippen LogP contribution < -0.4 is 5.32 Å². The lowest BCUT2D eigenvalue weighted by atomic mass is 10.0. The summed E-state index contributed by atoms with van der Waals surface area (Å²) in [5.74, 6) is 1.58. The third-order valence-corrected chi connectivity index (χ3v) is 4.06. The van der Waals surface area contributed by atoms with Crippen LogP contribution in [0.5, 0.6) is 0 Å². The number of benzene rings is 1. The summed E-state index contributed by atoms with van der Waals surface area (Å²) < 4.78 is 0. The number of hydrogen-bond donors (Lipinski definition) is 1. The monoisotopic (exact) mass is 303 g/mol. The molecule has 1 heterocycles. The average molecular weight is 304 g/mol. The molecule has 1 aromatic carbocycles. The third kappa shape index (κ3) is 3.73. The predicted octanol–water partition coefficient (Wildman–Crippen LogP) is 4.74. The Labute approximate surface area is 131 Å². The molecule has 1 unspecified atom stereocenters. The van der Waals surface area contributed by atoms with Crippen molar-refractivity contribution in [1.82, 2.24) is 9.97 Å². The maximum atomic E-state index is 6.18. The number of rotatable bonds is 5. The van der Waals surface area contributed by atoms with Gasteiger partial charge in [-0.15, -0.1) is 0 Å². The summed E-state index contributed by atoms with van der Waals surface area (Å²) >= 11 is 6.18. The fourth-order valence-corrected chi connectivity index (χ4v) is 2.35. The Kier molecular flexibility index (Phi) is 5.18. The van der Waals surface area contributed by atoms with Crippen LogP contribution in [-0.4, -0.2) is 9.97 Å². The van der Waals surface area contributed by atoms with E-state index in [2.05, 4.69) is 53.4 Å². The van der Waals surface area contributed by atoms with Crippen molar-refractivity contribution < 1.29 is 0 Å². The van der Waals surface area contributed by atoms with E-state index in [-0.39, 0.29) is 6.04 Å². The van der Waals surface area contributed by atoms with E-state index in [0.717, 1.165) is 30.0 Å². The van der Waals surface area contributed by atoms with Crippen molar-refractivity contribution in [1.29, 1.82) is 0 Å². The zero-order valence-electron chi connectivity index (χ0n) is 13.1. The minimum absolute atomic E-state index is 0.172. The second kappa shape index (κ2) is 6.90. The first-order valence-electron chi connectivity index (χ1n) is 7.43. The van der Waals surface area contributed by atoms with E-state index in [1.165, 1.54) is 11.1 Å². The lowest BCUT2D eigenvalue weighted by molar-refractivity contribution is 0.850. The van der Waals surface area contributed by atoms with E-state index in [9.17, 15) is 0 Å². The molecule has 0 aliphatic heterocycles. The molecule has 4 heteroatoms. The normalized spacial score (nSPS) is 12.2. The minimum Gasteiger partial charge on any atom is -0.363 e. The van der Waals surface area contributed by atoms with Crippen molar-refractivity contribution in [3.05, 3.63) is 51.9 Å². The maximum absolute atomic E-state index is 6.18. The highest BCUT2D eigenvalue weighted by molar-refractivity contribution is 6.30. The number of halogens is 1. The first-order valence-corrected chi connectivity index (χ1v) is 7.81. The molecule has 0 bridgehead atoms. The highest BCUT2D eigenvalue weighted by Crippen LogP contribution is 2.24. The van der Waals surface area contributed by atoms with Crippen molar-refractivity contribution in [3.8, 4) is 0 Å². The van der Waals surface area contributed by atoms with Gasteiger partial charge in [0.05, 0.1) is 0 Å². The van der Waals surface area contributed by atoms with Crippen LogP contribution in [0, 0.1) is 6.92 Å². The number of anilines is 1. The smallest absolute Gasteiger partial charge is 0.137 e. The first-order chi connectivity index (χ1) is 10.0. The predicted molar refractivity (Wildman–Crippen MR) is 89.0 cm³/mol. The van der Waals surface area contributed by atoms with Crippen molar-refractivity contribution >= 4 is 17.4 Å². The Bertz CT molecular complexity index is 608. The van der Waals surface area contributed by atoms with Gasteiger partial charge < -0.3 is 5.32 Å². The van der Waals surface area contributed by atoms with Gasteiger partial charge in [-0.3, -0.25) is 0 Å². The van der Waals surface area contributed by atoms with Crippen molar-refractivity contribution in [2.75, 3.05) is 5.32 Å². The van der Waals surface area contributed by atoms with Crippen LogP contribution in [0.4, 0.5) is 5.82 Å². The number of aromatic nitrogens is 2. The molecule has 1 aromatic heterocycles. The lowest BCUT2D eigenvalue weighted by Crippen LogP contribution is -2.11. The van der Waals surface area contributed by atoms with E-state index in [1.807, 2.05) is 13.8 Å². The van der Waals surface area contributed by atoms with Crippen LogP contribution >= 0.6 is 11.6 Å². The SMILES string of the molecule is CCc1ccc(C(C)Nc2nc(CC)nc(Cl)c2C)cc1. The largest absolute Gasteiger partial charge is 0.363 e. The van der Waals surface area contributed by atoms with Gasteiger partial charge in [-0.2, -0.15) is 0 Å². The molecular formula is C17H22ClN3. The topological polar surface area (TPSA) is 37.8 Å². The van der Waals surface area contributed by atoms with Gasteiger partial charge in [-0.05, 0) is 31.4 Å². The molecule has 0 spiro atoms. The second-order valence-corrected chi connectivity index (χ2v) is 5.58. The van der Waals surface area contributed by atoms with Crippen molar-refractivity contribution in [2.45, 2.75) is 46.6 Å². The number of nitrogens with one attached hydrogen (secondary N) is 1. The summed E-state index contributed by atoms with van der Waals surface area (Å²) in [4.78, 5) is 8.81. The van der Waals surface area contributed by atoms with Crippen LogP contribution in [0.3, 0.4) is 0 Å². The Morgan fingerprint density at radius 3 is 2.33 bits per heavy atom. The standard InChI is InChI=1S/C17H22ClN3/c1-5-13-7-9-14(10-8-13)12(4)19-17-11(3)16(18)20-15(6-2)21-17/h7-10,12H,5-6H2,1-4H3,(H,19,20,21). The zero-order valence-corrected chi connectivity index (χ0v) is 13.8. The summed E-state index contributed by atoms with van der Waals surface area (Å²) in [6, 6.07) is 8.84. The zero-order chi connectivity index (χ0) is 15.4. The fraction of sp³-hybridized carbons (Fsp3) is 0.412. The number of hydrogen-bond acceptors (Lipinski definition) is 3. The molecule has 1 N–H and O–H groups in total. The van der Waals surface area contributed by atoms with E-state index < -0.39 is 0 Å². The lowest BCUT2D eigenvalue weighted by Gasteiger charge is -2.18. The summed E-state index contributed by atoms with van der Waals surface area (Å²) in [5.41, 5.74) is 3.48. The maximum Gasteiger partial charge on any atom is 0.137 e. The van der Waals surface area contributed by atoms with Gasteiger partial charge in [0.25, 0.3) is 0 Å². The summed E-state index contributed by atoms with van der Waals surface area (Å²) in [5, 5.41) is 3.97. The Morgan fingerprint density at radius 1 is 1.10 bits per heavy atom. The molecule has 21 heavy (non-hydrogen) atoms. The molecule has 0 saturated carbocycles. The highest BCUT2D eigenvalue weighted by atomic mass is 35.5. The molecule has 0 aliphatic carbocycles. The molecule has 1 atom stereocenters. The third-order valence-electron chi connectivity index (χ3n) is 3.69. The molecule has 0 aliphatic rings. The van der Waals surface area contributed by atoms with Crippen molar-refractivity contribution in [2.24, 2.45) is 0 Å². The van der Waals surface area contributed by atoms with Gasteiger partial charge in [0.15, 0.2) is 0 Å². The number of aryl methyl sites for hydroxylation is 2. The van der Waals surface area contributed by atoms with Gasteiger partial charge in [0, 0.05) is 18.0 Å². The summed E-state index contributed by atoms with van der Waals surface area (Å²) in [7, 11) is 0. The van der Waals surface area contributed by atoms with Gasteiger partial charge in [0.2, 0.25) is 0 Å². The van der Waals surface area contributed by atoms with E-state index >= 15 is 0 Å². The second-order valence-electron chi connectivity index (χ2n) is 5.22. The van der Waals surface area contributed by atoms with Crippen molar-refractivity contribution in [3.63, 3.8) is 0 Å². The Balaban J connectivity index is 2.22. The van der Waals surface area contributed by atoms with Crippen LogP contribution in [0.15, 0.2) is 24.3 Å². The van der Waals surface area contributed by atoms with E-state index in [1.54, 1.807) is 0 Å². The summed E-state index contributed by atoms with van der Waals surface area (Å²) in [6.45, 7) is 8.26. The summed E-state index contributed by atoms with van der Waals surface area (Å²) in [6.07, 6.45) is 1.83. The first kappa shape index (κ1) is 15.8. The average Bonchev–Trinajstić information content (AvgIpc) is 2.51. The Hall–Kier alpha value is -1.61. The van der Waals surface area contributed by atoms with Gasteiger partial charge in [-0.25, -0.2) is 9.97 Å². The van der Waals surface area contributed by atoms with Crippen LogP contribution in [-0.2, 0) is 12.8 Å². The molecule has 0 radical (unpaired) electrons. The molecule has 2 aromatic rings. The fourth-order valence-electron chi connectivity index (χ4n) is 2.16. The Morgan fingerprint density at radius 2 is 1.76 bits per heavy atom. The molecule has 0 amide bonds. The molecule has 112 valence electrons. The van der Waals surface area contributed by atoms with E-state index in [4.69, 9.17) is 11.6 Å².